The third kappa shape index (κ3) is 2.83. The van der Waals surface area contributed by atoms with Crippen LogP contribution >= 0.6 is 0 Å². The second-order valence-corrected chi connectivity index (χ2v) is 4.80. The Kier molecular flexibility index (Phi) is 3.69. The van der Waals surface area contributed by atoms with Crippen LogP contribution in [0.5, 0.6) is 0 Å². The highest BCUT2D eigenvalue weighted by atomic mass is 16.2. The second-order valence-electron chi connectivity index (χ2n) is 4.80. The predicted molar refractivity (Wildman–Crippen MR) is 79.2 cm³/mol. The molecule has 5 heteroatoms. The molecule has 0 unspecified atom stereocenters. The highest BCUT2D eigenvalue weighted by Gasteiger charge is 2.15. The molecule has 1 aromatic carbocycles. The lowest BCUT2D eigenvalue weighted by Gasteiger charge is -2.27. The molecule has 3 rings (SSSR count). The van der Waals surface area contributed by atoms with Crippen molar-refractivity contribution in [2.75, 3.05) is 31.5 Å². The van der Waals surface area contributed by atoms with Crippen LogP contribution in [0.4, 0.5) is 10.5 Å². The molecule has 2 aromatic rings. The Balaban J connectivity index is 1.64. The normalized spacial score (nSPS) is 15.1. The number of carbonyl (C=O) groups excluding carboxylic acids is 1. The fourth-order valence-electron chi connectivity index (χ4n) is 2.29. The number of rotatable bonds is 2. The Hall–Kier alpha value is -2.27. The molecule has 2 N–H and O–H groups in total. The van der Waals surface area contributed by atoms with Gasteiger partial charge in [0.2, 0.25) is 0 Å². The summed E-state index contributed by atoms with van der Waals surface area (Å²) in [7, 11) is 0. The maximum absolute atomic E-state index is 12.1. The Labute approximate surface area is 118 Å². The van der Waals surface area contributed by atoms with Gasteiger partial charge in [-0.1, -0.05) is 0 Å². The van der Waals surface area contributed by atoms with Gasteiger partial charge in [0.15, 0.2) is 0 Å². The fraction of sp³-hybridized carbons (Fsp3) is 0.267. The number of amides is 2. The van der Waals surface area contributed by atoms with Gasteiger partial charge < -0.3 is 20.1 Å². The van der Waals surface area contributed by atoms with Crippen LogP contribution < -0.4 is 10.6 Å². The smallest absolute Gasteiger partial charge is 0.321 e. The van der Waals surface area contributed by atoms with E-state index in [0.29, 0.717) is 0 Å². The van der Waals surface area contributed by atoms with E-state index < -0.39 is 0 Å². The predicted octanol–water partition coefficient (Wildman–Crippen LogP) is 1.91. The van der Waals surface area contributed by atoms with Crippen LogP contribution in [0.15, 0.2) is 48.8 Å². The fourth-order valence-corrected chi connectivity index (χ4v) is 2.29. The van der Waals surface area contributed by atoms with E-state index in [1.807, 2.05) is 58.3 Å². The number of urea groups is 1. The van der Waals surface area contributed by atoms with Gasteiger partial charge in [0, 0.05) is 49.9 Å². The summed E-state index contributed by atoms with van der Waals surface area (Å²) < 4.78 is 2.03. The number of benzene rings is 1. The maximum Gasteiger partial charge on any atom is 0.321 e. The Morgan fingerprint density at radius 2 is 1.70 bits per heavy atom. The summed E-state index contributed by atoms with van der Waals surface area (Å²) in [5, 5.41) is 6.17. The van der Waals surface area contributed by atoms with E-state index >= 15 is 0 Å². The number of hydrogen-bond acceptors (Lipinski definition) is 2. The molecule has 2 amide bonds. The molecule has 1 aliphatic rings. The molecule has 1 fully saturated rings. The second kappa shape index (κ2) is 5.79. The number of hydrogen-bond donors (Lipinski definition) is 2. The van der Waals surface area contributed by atoms with Crippen molar-refractivity contribution in [3.8, 4) is 5.69 Å². The summed E-state index contributed by atoms with van der Waals surface area (Å²) in [6.45, 7) is 3.24. The van der Waals surface area contributed by atoms with Crippen molar-refractivity contribution < 1.29 is 4.79 Å². The zero-order valence-corrected chi connectivity index (χ0v) is 11.2. The van der Waals surface area contributed by atoms with E-state index in [0.717, 1.165) is 37.6 Å². The van der Waals surface area contributed by atoms with Gasteiger partial charge in [-0.2, -0.15) is 0 Å². The summed E-state index contributed by atoms with van der Waals surface area (Å²) >= 11 is 0. The topological polar surface area (TPSA) is 49.3 Å². The molecule has 0 atom stereocenters. The summed E-state index contributed by atoms with van der Waals surface area (Å²) in [5.41, 5.74) is 1.90. The molecule has 2 heterocycles. The Morgan fingerprint density at radius 1 is 1.05 bits per heavy atom. The van der Waals surface area contributed by atoms with Gasteiger partial charge in [0.25, 0.3) is 0 Å². The number of piperazine rings is 1. The average molecular weight is 270 g/mol. The minimum atomic E-state index is -0.0276. The Morgan fingerprint density at radius 3 is 2.35 bits per heavy atom. The molecule has 0 bridgehead atoms. The lowest BCUT2D eigenvalue weighted by Crippen LogP contribution is -2.48. The van der Waals surface area contributed by atoms with Gasteiger partial charge >= 0.3 is 6.03 Å². The lowest BCUT2D eigenvalue weighted by molar-refractivity contribution is 0.204. The van der Waals surface area contributed by atoms with Gasteiger partial charge in [-0.25, -0.2) is 4.79 Å². The molecule has 0 radical (unpaired) electrons. The quantitative estimate of drug-likeness (QED) is 0.876. The summed E-state index contributed by atoms with van der Waals surface area (Å²) in [4.78, 5) is 13.9. The first-order chi connectivity index (χ1) is 9.83. The van der Waals surface area contributed by atoms with Crippen molar-refractivity contribution in [3.63, 3.8) is 0 Å². The molecule has 1 aliphatic heterocycles. The molecule has 104 valence electrons. The molecule has 1 saturated heterocycles. The van der Waals surface area contributed by atoms with Crippen molar-refractivity contribution in [2.24, 2.45) is 0 Å². The summed E-state index contributed by atoms with van der Waals surface area (Å²) in [5.74, 6) is 0. The van der Waals surface area contributed by atoms with Gasteiger partial charge in [-0.15, -0.1) is 0 Å². The average Bonchev–Trinajstić information content (AvgIpc) is 3.03. The first-order valence-electron chi connectivity index (χ1n) is 6.83. The minimum absolute atomic E-state index is 0.0276. The highest BCUT2D eigenvalue weighted by molar-refractivity contribution is 5.89. The van der Waals surface area contributed by atoms with Gasteiger partial charge in [-0.3, -0.25) is 0 Å². The van der Waals surface area contributed by atoms with Crippen LogP contribution in [-0.4, -0.2) is 41.7 Å². The SMILES string of the molecule is O=C(Nc1ccc(-n2cccc2)cc1)N1CCNCC1. The zero-order chi connectivity index (χ0) is 13.8. The van der Waals surface area contributed by atoms with Crippen molar-refractivity contribution in [1.82, 2.24) is 14.8 Å². The van der Waals surface area contributed by atoms with Gasteiger partial charge in [-0.05, 0) is 36.4 Å². The first kappa shape index (κ1) is 12.7. The van der Waals surface area contributed by atoms with Crippen LogP contribution in [0.3, 0.4) is 0 Å². The van der Waals surface area contributed by atoms with Crippen LogP contribution in [0.25, 0.3) is 5.69 Å². The van der Waals surface area contributed by atoms with Crippen molar-refractivity contribution in [1.29, 1.82) is 0 Å². The first-order valence-corrected chi connectivity index (χ1v) is 6.83. The van der Waals surface area contributed by atoms with E-state index in [1.54, 1.807) is 0 Å². The van der Waals surface area contributed by atoms with Crippen molar-refractivity contribution >= 4 is 11.7 Å². The third-order valence-electron chi connectivity index (χ3n) is 3.43. The van der Waals surface area contributed by atoms with Gasteiger partial charge in [0.1, 0.15) is 0 Å². The molecular formula is C15H18N4O. The van der Waals surface area contributed by atoms with E-state index in [9.17, 15) is 4.79 Å². The van der Waals surface area contributed by atoms with Crippen LogP contribution in [0.2, 0.25) is 0 Å². The molecule has 20 heavy (non-hydrogen) atoms. The summed E-state index contributed by atoms with van der Waals surface area (Å²) in [6.07, 6.45) is 3.99. The van der Waals surface area contributed by atoms with E-state index in [2.05, 4.69) is 10.6 Å². The maximum atomic E-state index is 12.1. The molecule has 0 spiro atoms. The molecule has 0 saturated carbocycles. The number of nitrogens with zero attached hydrogens (tertiary/aromatic N) is 2. The monoisotopic (exact) mass is 270 g/mol. The lowest BCUT2D eigenvalue weighted by atomic mass is 10.3. The number of anilines is 1. The van der Waals surface area contributed by atoms with E-state index in [1.165, 1.54) is 0 Å². The molecule has 0 aliphatic carbocycles. The molecular weight excluding hydrogens is 252 g/mol. The molecule has 1 aromatic heterocycles. The molecule has 5 nitrogen and oxygen atoms in total. The van der Waals surface area contributed by atoms with Crippen LogP contribution in [0.1, 0.15) is 0 Å². The standard InChI is InChI=1S/C15H18N4O/c20-15(19-11-7-16-8-12-19)17-13-3-5-14(6-4-13)18-9-1-2-10-18/h1-6,9-10,16H,7-8,11-12H2,(H,17,20). The van der Waals surface area contributed by atoms with Gasteiger partial charge in [0.05, 0.1) is 0 Å². The van der Waals surface area contributed by atoms with E-state index in [-0.39, 0.29) is 6.03 Å². The minimum Gasteiger partial charge on any atom is -0.324 e. The van der Waals surface area contributed by atoms with Crippen molar-refractivity contribution in [3.05, 3.63) is 48.8 Å². The largest absolute Gasteiger partial charge is 0.324 e. The van der Waals surface area contributed by atoms with Crippen LogP contribution in [-0.2, 0) is 0 Å². The number of carbonyl (C=O) groups is 1. The third-order valence-corrected chi connectivity index (χ3v) is 3.43. The summed E-state index contributed by atoms with van der Waals surface area (Å²) in [6, 6.07) is 11.8. The highest BCUT2D eigenvalue weighted by Crippen LogP contribution is 2.14. The zero-order valence-electron chi connectivity index (χ0n) is 11.2. The Bertz CT molecular complexity index is 556. The number of aromatic nitrogens is 1. The van der Waals surface area contributed by atoms with E-state index in [4.69, 9.17) is 0 Å². The number of nitrogens with one attached hydrogen (secondary N) is 2. The van der Waals surface area contributed by atoms with Crippen LogP contribution in [0, 0.1) is 0 Å². The van der Waals surface area contributed by atoms with Crippen molar-refractivity contribution in [2.45, 2.75) is 0 Å².